The van der Waals surface area contributed by atoms with Gasteiger partial charge in [-0.3, -0.25) is 8.98 Å². The highest BCUT2D eigenvalue weighted by Gasteiger charge is 2.34. The molecule has 1 aromatic rings. The maximum atomic E-state index is 12.7. The fourth-order valence-electron chi connectivity index (χ4n) is 3.02. The second kappa shape index (κ2) is 9.18. The summed E-state index contributed by atoms with van der Waals surface area (Å²) in [5.74, 6) is -0.244. The van der Waals surface area contributed by atoms with Crippen LogP contribution in [0.4, 0.5) is 5.82 Å². The number of hydrogen-bond acceptors (Lipinski definition) is 8. The van der Waals surface area contributed by atoms with E-state index in [9.17, 15) is 18.3 Å². The first-order valence-electron chi connectivity index (χ1n) is 8.50. The second-order valence-electron chi connectivity index (χ2n) is 6.28. The van der Waals surface area contributed by atoms with E-state index in [0.717, 1.165) is 0 Å². The van der Waals surface area contributed by atoms with Gasteiger partial charge >= 0.3 is 10.3 Å². The Bertz CT molecular complexity index is 837. The molecule has 148 valence electrons. The molecule has 1 aliphatic rings. The number of nitrogens with two attached hydrogens (primary N) is 1. The third-order valence-corrected chi connectivity index (χ3v) is 4.79. The molecule has 0 spiro atoms. The molecule has 1 aliphatic carbocycles. The Hall–Kier alpha value is -2.14. The predicted molar refractivity (Wildman–Crippen MR) is 100 cm³/mol. The maximum Gasteiger partial charge on any atom is 0.333 e. The van der Waals surface area contributed by atoms with Crippen molar-refractivity contribution in [2.24, 2.45) is 11.1 Å². The maximum absolute atomic E-state index is 12.7. The lowest BCUT2D eigenvalue weighted by Crippen LogP contribution is -2.24. The zero-order valence-corrected chi connectivity index (χ0v) is 16.0. The summed E-state index contributed by atoms with van der Waals surface area (Å²) in [4.78, 5) is 20.8. The minimum atomic E-state index is -4.06. The highest BCUT2D eigenvalue weighted by molar-refractivity contribution is 7.84. The van der Waals surface area contributed by atoms with E-state index in [2.05, 4.69) is 19.5 Å². The lowest BCUT2D eigenvalue weighted by molar-refractivity contribution is 0.101. The lowest BCUT2D eigenvalue weighted by atomic mass is 10.0. The van der Waals surface area contributed by atoms with Gasteiger partial charge in [0.1, 0.15) is 12.1 Å². The van der Waals surface area contributed by atoms with Crippen LogP contribution in [0.3, 0.4) is 0 Å². The van der Waals surface area contributed by atoms with Gasteiger partial charge in [-0.1, -0.05) is 18.2 Å². The van der Waals surface area contributed by atoms with Gasteiger partial charge in [-0.25, -0.2) is 15.1 Å². The Morgan fingerprint density at radius 1 is 1.44 bits per heavy atom. The standard InChI is InChI=1S/C17H24N4O5S/c1-3-5-11(4-2)16(23)14-8-19-10-20-17(14)21-13-6-12(15(22)7-13)9-26-27(18,24)25/h3-5,8,10,12-13,15,22H,6-7,9H2,1-2H3,(H2,18,24,25)(H,19,20,21). The largest absolute Gasteiger partial charge is 0.393 e. The summed E-state index contributed by atoms with van der Waals surface area (Å²) >= 11 is 0. The number of aliphatic hydroxyl groups excluding tert-OH is 1. The first-order valence-corrected chi connectivity index (χ1v) is 9.97. The van der Waals surface area contributed by atoms with Crippen molar-refractivity contribution in [3.05, 3.63) is 41.9 Å². The highest BCUT2D eigenvalue weighted by Crippen LogP contribution is 2.30. The van der Waals surface area contributed by atoms with Crippen molar-refractivity contribution in [3.63, 3.8) is 0 Å². The van der Waals surface area contributed by atoms with Gasteiger partial charge in [0.25, 0.3) is 0 Å². The van der Waals surface area contributed by atoms with Gasteiger partial charge < -0.3 is 10.4 Å². The van der Waals surface area contributed by atoms with E-state index in [1.807, 2.05) is 6.92 Å². The lowest BCUT2D eigenvalue weighted by Gasteiger charge is -2.16. The first kappa shape index (κ1) is 21.2. The molecule has 0 aliphatic heterocycles. The van der Waals surface area contributed by atoms with Gasteiger partial charge in [0.05, 0.1) is 18.3 Å². The monoisotopic (exact) mass is 396 g/mol. The number of allylic oxidation sites excluding steroid dienone is 4. The minimum absolute atomic E-state index is 0.197. The molecule has 1 aromatic heterocycles. The van der Waals surface area contributed by atoms with Crippen molar-refractivity contribution in [1.29, 1.82) is 0 Å². The number of anilines is 1. The molecule has 10 heteroatoms. The van der Waals surface area contributed by atoms with Crippen molar-refractivity contribution < 1.29 is 22.5 Å². The van der Waals surface area contributed by atoms with Crippen molar-refractivity contribution in [2.45, 2.75) is 38.8 Å². The third-order valence-electron chi connectivity index (χ3n) is 4.32. The quantitative estimate of drug-likeness (QED) is 0.335. The summed E-state index contributed by atoms with van der Waals surface area (Å²) in [5.41, 5.74) is 0.837. The smallest absolute Gasteiger partial charge is 0.333 e. The number of nitrogens with one attached hydrogen (secondary N) is 1. The number of hydrogen-bond donors (Lipinski definition) is 3. The molecule has 1 fully saturated rings. The van der Waals surface area contributed by atoms with Crippen LogP contribution in [-0.2, 0) is 14.5 Å². The highest BCUT2D eigenvalue weighted by atomic mass is 32.2. The number of aliphatic hydroxyl groups is 1. The van der Waals surface area contributed by atoms with Crippen molar-refractivity contribution in [1.82, 2.24) is 9.97 Å². The van der Waals surface area contributed by atoms with E-state index in [-0.39, 0.29) is 18.4 Å². The van der Waals surface area contributed by atoms with Crippen molar-refractivity contribution in [3.8, 4) is 0 Å². The molecule has 4 N–H and O–H groups in total. The molecule has 3 unspecified atom stereocenters. The summed E-state index contributed by atoms with van der Waals surface area (Å²) in [6.45, 7) is 3.40. The van der Waals surface area contributed by atoms with Crippen LogP contribution < -0.4 is 10.5 Å². The topological polar surface area (TPSA) is 144 Å². The number of carbonyl (C=O) groups excluding carboxylic acids is 1. The van der Waals surface area contributed by atoms with Crippen LogP contribution in [-0.4, -0.2) is 48.0 Å². The molecule has 0 aromatic carbocycles. The zero-order valence-electron chi connectivity index (χ0n) is 15.2. The fraction of sp³-hybridized carbons (Fsp3) is 0.471. The van der Waals surface area contributed by atoms with E-state index in [1.165, 1.54) is 12.5 Å². The van der Waals surface area contributed by atoms with Crippen LogP contribution in [0.25, 0.3) is 0 Å². The molecule has 3 atom stereocenters. The van der Waals surface area contributed by atoms with Gasteiger partial charge in [-0.2, -0.15) is 8.42 Å². The second-order valence-corrected chi connectivity index (χ2v) is 7.50. The van der Waals surface area contributed by atoms with Gasteiger partial charge in [0, 0.05) is 23.7 Å². The Morgan fingerprint density at radius 2 is 2.19 bits per heavy atom. The van der Waals surface area contributed by atoms with Gasteiger partial charge in [-0.15, -0.1) is 0 Å². The van der Waals surface area contributed by atoms with Gasteiger partial charge in [-0.05, 0) is 26.7 Å². The van der Waals surface area contributed by atoms with Crippen LogP contribution in [0.1, 0.15) is 37.0 Å². The molecular weight excluding hydrogens is 372 g/mol. The normalized spacial score (nSPS) is 23.7. The van der Waals surface area contributed by atoms with Crippen molar-refractivity contribution in [2.75, 3.05) is 11.9 Å². The predicted octanol–water partition coefficient (Wildman–Crippen LogP) is 0.953. The SMILES string of the molecule is CC=CC(=CC)C(=O)c1cncnc1NC1CC(O)C(COS(N)(=O)=O)C1. The summed E-state index contributed by atoms with van der Waals surface area (Å²) in [5, 5.41) is 18.1. The Labute approximate surface area is 158 Å². The van der Waals surface area contributed by atoms with E-state index in [4.69, 9.17) is 5.14 Å². The van der Waals surface area contributed by atoms with E-state index < -0.39 is 22.3 Å². The van der Waals surface area contributed by atoms with E-state index >= 15 is 0 Å². The minimum Gasteiger partial charge on any atom is -0.393 e. The molecule has 0 radical (unpaired) electrons. The average Bonchev–Trinajstić information content (AvgIpc) is 2.96. The Balaban J connectivity index is 2.11. The number of ketones is 1. The molecule has 2 rings (SSSR count). The van der Waals surface area contributed by atoms with Crippen LogP contribution in [0, 0.1) is 5.92 Å². The van der Waals surface area contributed by atoms with Gasteiger partial charge in [0.15, 0.2) is 5.78 Å². The molecule has 1 heterocycles. The molecule has 9 nitrogen and oxygen atoms in total. The Morgan fingerprint density at radius 3 is 2.81 bits per heavy atom. The summed E-state index contributed by atoms with van der Waals surface area (Å²) in [6.07, 6.45) is 8.01. The molecule has 1 saturated carbocycles. The van der Waals surface area contributed by atoms with Crippen LogP contribution in [0.2, 0.25) is 0 Å². The number of rotatable bonds is 8. The van der Waals surface area contributed by atoms with Crippen LogP contribution >= 0.6 is 0 Å². The average molecular weight is 396 g/mol. The number of nitrogens with zero attached hydrogens (tertiary/aromatic N) is 2. The summed E-state index contributed by atoms with van der Waals surface area (Å²) in [6, 6.07) is -0.202. The summed E-state index contributed by atoms with van der Waals surface area (Å²) < 4.78 is 26.4. The zero-order chi connectivity index (χ0) is 20.0. The van der Waals surface area contributed by atoms with E-state index in [1.54, 1.807) is 25.2 Å². The molecule has 0 bridgehead atoms. The summed E-state index contributed by atoms with van der Waals surface area (Å²) in [7, 11) is -4.06. The first-order chi connectivity index (χ1) is 12.7. The molecule has 27 heavy (non-hydrogen) atoms. The molecule has 0 amide bonds. The Kier molecular flexibility index (Phi) is 7.19. The number of carbonyl (C=O) groups is 1. The van der Waals surface area contributed by atoms with Crippen LogP contribution in [0.5, 0.6) is 0 Å². The number of Topliss-reactive ketones (excluding diaryl/α,β-unsaturated/α-hetero) is 1. The van der Waals surface area contributed by atoms with Crippen LogP contribution in [0.15, 0.2) is 36.3 Å². The van der Waals surface area contributed by atoms with Crippen molar-refractivity contribution >= 4 is 21.9 Å². The third kappa shape index (κ3) is 5.93. The fourth-order valence-corrected chi connectivity index (χ4v) is 3.39. The number of aromatic nitrogens is 2. The molecule has 0 saturated heterocycles. The van der Waals surface area contributed by atoms with Gasteiger partial charge in [0.2, 0.25) is 0 Å². The molecular formula is C17H24N4O5S. The van der Waals surface area contributed by atoms with E-state index in [0.29, 0.717) is 29.8 Å².